The van der Waals surface area contributed by atoms with Crippen LogP contribution < -0.4 is 14.9 Å². The van der Waals surface area contributed by atoms with Gasteiger partial charge < -0.3 is 10.2 Å². The molecule has 0 aromatic heterocycles. The van der Waals surface area contributed by atoms with E-state index in [0.717, 1.165) is 43.6 Å². The molecule has 0 aliphatic carbocycles. The normalized spacial score (nSPS) is 15.5. The number of hydrogen-bond donors (Lipinski definition) is 2. The van der Waals surface area contributed by atoms with Gasteiger partial charge in [0.05, 0.1) is 16.3 Å². The van der Waals surface area contributed by atoms with E-state index in [1.54, 1.807) is 36.4 Å². The average Bonchev–Trinajstić information content (AvgIpc) is 2.74. The number of piperidine rings is 1. The molecule has 162 valence electrons. The molecule has 1 atom stereocenters. The summed E-state index contributed by atoms with van der Waals surface area (Å²) < 4.78 is 28.8. The summed E-state index contributed by atoms with van der Waals surface area (Å²) in [5.74, 6) is -0.203. The van der Waals surface area contributed by atoms with Gasteiger partial charge in [0.15, 0.2) is 0 Å². The molecule has 1 unspecified atom stereocenters. The molecule has 1 heterocycles. The van der Waals surface area contributed by atoms with Crippen molar-refractivity contribution in [3.8, 4) is 0 Å². The Kier molecular flexibility index (Phi) is 7.02. The Balaban J connectivity index is 1.96. The van der Waals surface area contributed by atoms with Gasteiger partial charge in [-0.2, -0.15) is 0 Å². The molecular weight excluding hydrogens is 398 g/mol. The Morgan fingerprint density at radius 2 is 1.73 bits per heavy atom. The fraction of sp³-hybridized carbons (Fsp3) is 0.435. The second kappa shape index (κ2) is 9.51. The molecule has 1 saturated heterocycles. The summed E-state index contributed by atoms with van der Waals surface area (Å²) in [5.41, 5.74) is 2.68. The highest BCUT2D eigenvalue weighted by atomic mass is 32.2. The summed E-state index contributed by atoms with van der Waals surface area (Å²) in [6.45, 7) is 7.61. The molecule has 6 nitrogen and oxygen atoms in total. The molecule has 0 spiro atoms. The van der Waals surface area contributed by atoms with E-state index in [1.165, 1.54) is 6.42 Å². The van der Waals surface area contributed by atoms with Crippen molar-refractivity contribution in [3.05, 3.63) is 53.6 Å². The minimum Gasteiger partial charge on any atom is -0.370 e. The number of carbonyl (C=O) groups excluding carboxylic acids is 1. The summed E-state index contributed by atoms with van der Waals surface area (Å²) in [6, 6.07) is 12.1. The van der Waals surface area contributed by atoms with E-state index in [1.807, 2.05) is 26.8 Å². The highest BCUT2D eigenvalue weighted by Crippen LogP contribution is 2.31. The first-order valence-corrected chi connectivity index (χ1v) is 12.1. The first kappa shape index (κ1) is 22.2. The van der Waals surface area contributed by atoms with Crippen molar-refractivity contribution in [3.63, 3.8) is 0 Å². The fourth-order valence-electron chi connectivity index (χ4n) is 3.50. The highest BCUT2D eigenvalue weighted by Gasteiger charge is 2.21. The van der Waals surface area contributed by atoms with Crippen LogP contribution in [0.15, 0.2) is 47.4 Å². The number of nitrogens with one attached hydrogen (secondary N) is 2. The Bertz CT molecular complexity index is 981. The first-order valence-electron chi connectivity index (χ1n) is 10.6. The van der Waals surface area contributed by atoms with E-state index < -0.39 is 10.0 Å². The van der Waals surface area contributed by atoms with Gasteiger partial charge in [0.25, 0.3) is 15.9 Å². The van der Waals surface area contributed by atoms with Crippen molar-refractivity contribution < 1.29 is 13.2 Å². The molecule has 2 N–H and O–H groups in total. The molecule has 30 heavy (non-hydrogen) atoms. The van der Waals surface area contributed by atoms with Crippen molar-refractivity contribution in [1.82, 2.24) is 5.32 Å². The first-order chi connectivity index (χ1) is 14.3. The summed E-state index contributed by atoms with van der Waals surface area (Å²) in [4.78, 5) is 15.0. The van der Waals surface area contributed by atoms with Crippen molar-refractivity contribution in [1.29, 1.82) is 0 Å². The third kappa shape index (κ3) is 5.33. The zero-order chi connectivity index (χ0) is 21.7. The number of nitrogens with zero attached hydrogens (tertiary/aromatic N) is 1. The SMILES string of the molecule is CCC(C)NC(=O)c1ccc(N2CCCCC2)c(NS(=O)(=O)c2ccc(C)cc2)c1. The maximum Gasteiger partial charge on any atom is 0.261 e. The van der Waals surface area contributed by atoms with Crippen molar-refractivity contribution >= 4 is 27.3 Å². The van der Waals surface area contributed by atoms with Crippen LogP contribution in [0.25, 0.3) is 0 Å². The van der Waals surface area contributed by atoms with Gasteiger partial charge >= 0.3 is 0 Å². The number of sulfonamides is 1. The maximum atomic E-state index is 13.0. The Labute approximate surface area is 179 Å². The molecule has 1 aliphatic rings. The highest BCUT2D eigenvalue weighted by molar-refractivity contribution is 7.92. The molecule has 1 aliphatic heterocycles. The fourth-order valence-corrected chi connectivity index (χ4v) is 4.57. The molecule has 2 aromatic rings. The van der Waals surface area contributed by atoms with Gasteiger partial charge in [0, 0.05) is 24.7 Å². The van der Waals surface area contributed by atoms with Crippen LogP contribution in [0.5, 0.6) is 0 Å². The molecule has 0 radical (unpaired) electrons. The van der Waals surface area contributed by atoms with Crippen LogP contribution >= 0.6 is 0 Å². The van der Waals surface area contributed by atoms with E-state index in [2.05, 4.69) is 14.9 Å². The van der Waals surface area contributed by atoms with E-state index in [0.29, 0.717) is 11.3 Å². The average molecular weight is 430 g/mol. The van der Waals surface area contributed by atoms with Crippen LogP contribution in [-0.2, 0) is 10.0 Å². The Hall–Kier alpha value is -2.54. The summed E-state index contributed by atoms with van der Waals surface area (Å²) in [5, 5.41) is 2.94. The van der Waals surface area contributed by atoms with Crippen LogP contribution in [0.3, 0.4) is 0 Å². The Morgan fingerprint density at radius 3 is 2.37 bits per heavy atom. The molecular formula is C23H31N3O3S. The van der Waals surface area contributed by atoms with Gasteiger partial charge in [-0.15, -0.1) is 0 Å². The van der Waals surface area contributed by atoms with Crippen molar-refractivity contribution in [2.24, 2.45) is 0 Å². The second-order valence-electron chi connectivity index (χ2n) is 7.98. The predicted molar refractivity (Wildman–Crippen MR) is 122 cm³/mol. The van der Waals surface area contributed by atoms with Crippen LogP contribution in [0.1, 0.15) is 55.5 Å². The maximum absolute atomic E-state index is 13.0. The molecule has 3 rings (SSSR count). The standard InChI is InChI=1S/C23H31N3O3S/c1-4-18(3)24-23(27)19-10-13-22(26-14-6-5-7-15-26)21(16-19)25-30(28,29)20-11-8-17(2)9-12-20/h8-13,16,18,25H,4-7,14-15H2,1-3H3,(H,24,27). The largest absolute Gasteiger partial charge is 0.370 e. The number of hydrogen-bond acceptors (Lipinski definition) is 4. The van der Waals surface area contributed by atoms with Crippen LogP contribution in [0.4, 0.5) is 11.4 Å². The van der Waals surface area contributed by atoms with Gasteiger partial charge in [-0.3, -0.25) is 9.52 Å². The van der Waals surface area contributed by atoms with Gasteiger partial charge in [-0.25, -0.2) is 8.42 Å². The van der Waals surface area contributed by atoms with Gasteiger partial charge in [0.1, 0.15) is 0 Å². The number of carbonyl (C=O) groups is 1. The lowest BCUT2D eigenvalue weighted by molar-refractivity contribution is 0.0939. The summed E-state index contributed by atoms with van der Waals surface area (Å²) >= 11 is 0. The van der Waals surface area contributed by atoms with E-state index in [4.69, 9.17) is 0 Å². The number of rotatable bonds is 7. The molecule has 2 aromatic carbocycles. The van der Waals surface area contributed by atoms with Crippen LogP contribution in [0.2, 0.25) is 0 Å². The lowest BCUT2D eigenvalue weighted by Crippen LogP contribution is -2.33. The minimum atomic E-state index is -3.77. The zero-order valence-electron chi connectivity index (χ0n) is 17.9. The monoisotopic (exact) mass is 429 g/mol. The van der Waals surface area contributed by atoms with Crippen LogP contribution in [-0.4, -0.2) is 33.5 Å². The van der Waals surface area contributed by atoms with Crippen molar-refractivity contribution in [2.45, 2.75) is 57.4 Å². The summed E-state index contributed by atoms with van der Waals surface area (Å²) in [6.07, 6.45) is 4.14. The van der Waals surface area contributed by atoms with Gasteiger partial charge in [0.2, 0.25) is 0 Å². The number of anilines is 2. The second-order valence-corrected chi connectivity index (χ2v) is 9.66. The quantitative estimate of drug-likeness (QED) is 0.687. The van der Waals surface area contributed by atoms with E-state index >= 15 is 0 Å². The molecule has 0 bridgehead atoms. The smallest absolute Gasteiger partial charge is 0.261 e. The third-order valence-corrected chi connectivity index (χ3v) is 6.90. The molecule has 1 amide bonds. The molecule has 0 saturated carbocycles. The lowest BCUT2D eigenvalue weighted by Gasteiger charge is -2.31. The van der Waals surface area contributed by atoms with Crippen molar-refractivity contribution in [2.75, 3.05) is 22.7 Å². The topological polar surface area (TPSA) is 78.5 Å². The van der Waals surface area contributed by atoms with E-state index in [-0.39, 0.29) is 16.8 Å². The number of benzene rings is 2. The number of aryl methyl sites for hydroxylation is 1. The van der Waals surface area contributed by atoms with Gasteiger partial charge in [-0.05, 0) is 69.9 Å². The summed E-state index contributed by atoms with van der Waals surface area (Å²) in [7, 11) is -3.77. The van der Waals surface area contributed by atoms with E-state index in [9.17, 15) is 13.2 Å². The van der Waals surface area contributed by atoms with Gasteiger partial charge in [-0.1, -0.05) is 24.6 Å². The Morgan fingerprint density at radius 1 is 1.07 bits per heavy atom. The van der Waals surface area contributed by atoms with Crippen LogP contribution in [0, 0.1) is 6.92 Å². The molecule has 1 fully saturated rings. The zero-order valence-corrected chi connectivity index (χ0v) is 18.8. The minimum absolute atomic E-state index is 0.0481. The molecule has 7 heteroatoms. The third-order valence-electron chi connectivity index (χ3n) is 5.52. The lowest BCUT2D eigenvalue weighted by atomic mass is 10.1. The number of amides is 1. The predicted octanol–water partition coefficient (Wildman–Crippen LogP) is 4.31.